The van der Waals surface area contributed by atoms with Crippen molar-refractivity contribution in [2.75, 3.05) is 5.32 Å². The average molecular weight is 442 g/mol. The van der Waals surface area contributed by atoms with Gasteiger partial charge in [0, 0.05) is 20.6 Å². The van der Waals surface area contributed by atoms with Gasteiger partial charge >= 0.3 is 0 Å². The maximum Gasteiger partial charge on any atom is 0.143 e. The first-order chi connectivity index (χ1) is 12.9. The molecule has 2 heterocycles. The highest BCUT2D eigenvalue weighted by Crippen LogP contribution is 2.41. The third-order valence-corrected chi connectivity index (χ3v) is 6.26. The Labute approximate surface area is 169 Å². The number of thiophene rings is 1. The van der Waals surface area contributed by atoms with E-state index in [-0.39, 0.29) is 5.82 Å². The highest BCUT2D eigenvalue weighted by molar-refractivity contribution is 9.10. The van der Waals surface area contributed by atoms with Gasteiger partial charge in [-0.2, -0.15) is 0 Å². The fourth-order valence-corrected chi connectivity index (χ4v) is 4.55. The molecule has 1 N–H and O–H groups in total. The summed E-state index contributed by atoms with van der Waals surface area (Å²) in [5, 5.41) is 4.41. The molecule has 0 aliphatic carbocycles. The first kappa shape index (κ1) is 18.1. The smallest absolute Gasteiger partial charge is 0.143 e. The number of aromatic nitrogens is 2. The number of halogens is 2. The topological polar surface area (TPSA) is 37.8 Å². The van der Waals surface area contributed by atoms with E-state index in [9.17, 15) is 4.39 Å². The maximum atomic E-state index is 13.4. The molecule has 0 aliphatic rings. The van der Waals surface area contributed by atoms with E-state index in [1.54, 1.807) is 23.5 Å². The van der Waals surface area contributed by atoms with Crippen molar-refractivity contribution in [1.29, 1.82) is 0 Å². The fraction of sp³-hybridized carbons (Fsp3) is 0.143. The van der Waals surface area contributed by atoms with E-state index in [1.165, 1.54) is 17.7 Å². The van der Waals surface area contributed by atoms with Gasteiger partial charge in [0.1, 0.15) is 22.3 Å². The lowest BCUT2D eigenvalue weighted by Gasteiger charge is -2.11. The number of nitrogens with one attached hydrogen (secondary N) is 1. The van der Waals surface area contributed by atoms with E-state index >= 15 is 0 Å². The summed E-state index contributed by atoms with van der Waals surface area (Å²) in [7, 11) is 0. The van der Waals surface area contributed by atoms with Crippen LogP contribution in [0.1, 0.15) is 16.3 Å². The van der Waals surface area contributed by atoms with E-state index < -0.39 is 0 Å². The van der Waals surface area contributed by atoms with Gasteiger partial charge in [0.25, 0.3) is 0 Å². The molecule has 0 saturated heterocycles. The van der Waals surface area contributed by atoms with Crippen LogP contribution < -0.4 is 5.32 Å². The molecule has 0 unspecified atom stereocenters. The molecule has 2 aromatic carbocycles. The molecule has 3 nitrogen and oxygen atoms in total. The third-order valence-electron chi connectivity index (χ3n) is 4.41. The van der Waals surface area contributed by atoms with Crippen molar-refractivity contribution in [2.24, 2.45) is 0 Å². The van der Waals surface area contributed by atoms with E-state index in [2.05, 4.69) is 51.1 Å². The lowest BCUT2D eigenvalue weighted by molar-refractivity contribution is 0.628. The predicted molar refractivity (Wildman–Crippen MR) is 114 cm³/mol. The second-order valence-corrected chi connectivity index (χ2v) is 8.49. The van der Waals surface area contributed by atoms with Crippen LogP contribution in [0.25, 0.3) is 21.3 Å². The number of rotatable bonds is 3. The summed E-state index contributed by atoms with van der Waals surface area (Å²) < 4.78 is 14.4. The van der Waals surface area contributed by atoms with Gasteiger partial charge in [0.15, 0.2) is 0 Å². The van der Waals surface area contributed by atoms with Crippen LogP contribution in [0, 0.1) is 26.6 Å². The first-order valence-corrected chi connectivity index (χ1v) is 10.1. The molecular weight excluding hydrogens is 425 g/mol. The summed E-state index contributed by atoms with van der Waals surface area (Å²) in [6.07, 6.45) is 0. The van der Waals surface area contributed by atoms with Gasteiger partial charge in [-0.15, -0.1) is 11.3 Å². The molecule has 4 rings (SSSR count). The summed E-state index contributed by atoms with van der Waals surface area (Å²) in [5.74, 6) is 1.23. The van der Waals surface area contributed by atoms with Crippen LogP contribution in [-0.2, 0) is 0 Å². The van der Waals surface area contributed by atoms with Crippen molar-refractivity contribution < 1.29 is 4.39 Å². The Hall–Kier alpha value is -2.31. The molecule has 6 heteroatoms. The van der Waals surface area contributed by atoms with Crippen molar-refractivity contribution >= 4 is 49.0 Å². The summed E-state index contributed by atoms with van der Waals surface area (Å²) >= 11 is 5.21. The van der Waals surface area contributed by atoms with Gasteiger partial charge in [-0.05, 0) is 56.2 Å². The summed E-state index contributed by atoms with van der Waals surface area (Å²) in [4.78, 5) is 11.3. The van der Waals surface area contributed by atoms with Crippen LogP contribution in [0.5, 0.6) is 0 Å². The van der Waals surface area contributed by atoms with E-state index in [4.69, 9.17) is 0 Å². The van der Waals surface area contributed by atoms with Gasteiger partial charge in [-0.3, -0.25) is 0 Å². The second kappa shape index (κ2) is 7.02. The van der Waals surface area contributed by atoms with Gasteiger partial charge in [-0.25, -0.2) is 14.4 Å². The zero-order chi connectivity index (χ0) is 19.1. The predicted octanol–water partition coefficient (Wildman–Crippen LogP) is 6.93. The Kier molecular flexibility index (Phi) is 4.70. The molecule has 0 amide bonds. The Morgan fingerprint density at radius 1 is 1.00 bits per heavy atom. The lowest BCUT2D eigenvalue weighted by atomic mass is 10.0. The number of benzene rings is 2. The Balaban J connectivity index is 1.91. The van der Waals surface area contributed by atoms with Crippen molar-refractivity contribution in [3.8, 4) is 11.1 Å². The van der Waals surface area contributed by atoms with Crippen LogP contribution in [-0.4, -0.2) is 9.97 Å². The average Bonchev–Trinajstić information content (AvgIpc) is 2.95. The largest absolute Gasteiger partial charge is 0.340 e. The minimum absolute atomic E-state index is 0.245. The minimum atomic E-state index is -0.245. The molecule has 27 heavy (non-hydrogen) atoms. The molecule has 0 saturated carbocycles. The van der Waals surface area contributed by atoms with Crippen LogP contribution in [0.4, 0.5) is 15.9 Å². The van der Waals surface area contributed by atoms with Gasteiger partial charge in [0.05, 0.1) is 5.39 Å². The molecule has 0 radical (unpaired) electrons. The molecule has 2 aromatic heterocycles. The molecule has 0 bridgehead atoms. The highest BCUT2D eigenvalue weighted by Gasteiger charge is 2.18. The monoisotopic (exact) mass is 441 g/mol. The minimum Gasteiger partial charge on any atom is -0.340 e. The van der Waals surface area contributed by atoms with Crippen LogP contribution in [0.2, 0.25) is 0 Å². The van der Waals surface area contributed by atoms with Gasteiger partial charge in [-0.1, -0.05) is 34.1 Å². The number of anilines is 2. The standard InChI is InChI=1S/C21H17BrFN3S/c1-11-4-9-16(10-17(11)22)26-20-19-18(14-5-7-15(23)8-6-14)12(2)27-21(19)25-13(3)24-20/h4-10H,1-3H3,(H,24,25,26). The van der Waals surface area contributed by atoms with Crippen molar-refractivity contribution in [3.63, 3.8) is 0 Å². The quantitative estimate of drug-likeness (QED) is 0.374. The highest BCUT2D eigenvalue weighted by atomic mass is 79.9. The number of nitrogens with zero attached hydrogens (tertiary/aromatic N) is 2. The van der Waals surface area contributed by atoms with Crippen LogP contribution in [0.15, 0.2) is 46.9 Å². The van der Waals surface area contributed by atoms with Crippen LogP contribution in [0.3, 0.4) is 0 Å². The number of fused-ring (bicyclic) bond motifs is 1. The summed E-state index contributed by atoms with van der Waals surface area (Å²) in [6, 6.07) is 12.7. The fourth-order valence-electron chi connectivity index (χ4n) is 3.08. The van der Waals surface area contributed by atoms with Crippen LogP contribution >= 0.6 is 27.3 Å². The molecule has 136 valence electrons. The second-order valence-electron chi connectivity index (χ2n) is 6.43. The number of aryl methyl sites for hydroxylation is 3. The van der Waals surface area contributed by atoms with Gasteiger partial charge < -0.3 is 5.32 Å². The summed E-state index contributed by atoms with van der Waals surface area (Å²) in [5.41, 5.74) is 4.12. The molecule has 0 atom stereocenters. The number of hydrogen-bond acceptors (Lipinski definition) is 4. The third kappa shape index (κ3) is 3.47. The number of hydrogen-bond donors (Lipinski definition) is 1. The van der Waals surface area contributed by atoms with Crippen molar-refractivity contribution in [3.05, 3.63) is 69.0 Å². The molecule has 0 fully saturated rings. The molecule has 0 spiro atoms. The Morgan fingerprint density at radius 2 is 1.74 bits per heavy atom. The zero-order valence-corrected chi connectivity index (χ0v) is 17.5. The first-order valence-electron chi connectivity index (χ1n) is 8.49. The molecular formula is C21H17BrFN3S. The van der Waals surface area contributed by atoms with E-state index in [1.807, 2.05) is 19.1 Å². The maximum absolute atomic E-state index is 13.4. The lowest BCUT2D eigenvalue weighted by Crippen LogP contribution is -1.99. The van der Waals surface area contributed by atoms with Gasteiger partial charge in [0.2, 0.25) is 0 Å². The summed E-state index contributed by atoms with van der Waals surface area (Å²) in [6.45, 7) is 6.00. The Bertz CT molecular complexity index is 1150. The van der Waals surface area contributed by atoms with Crippen molar-refractivity contribution in [1.82, 2.24) is 9.97 Å². The molecule has 0 aliphatic heterocycles. The zero-order valence-electron chi connectivity index (χ0n) is 15.1. The molecule has 4 aromatic rings. The Morgan fingerprint density at radius 3 is 2.44 bits per heavy atom. The van der Waals surface area contributed by atoms with Crippen molar-refractivity contribution in [2.45, 2.75) is 20.8 Å². The SMILES string of the molecule is Cc1nc(Nc2ccc(C)c(Br)c2)c2c(-c3ccc(F)cc3)c(C)sc2n1. The normalized spacial score (nSPS) is 11.1. The van der Waals surface area contributed by atoms with E-state index in [0.29, 0.717) is 5.82 Å². The van der Waals surface area contributed by atoms with E-state index in [0.717, 1.165) is 42.2 Å².